The highest BCUT2D eigenvalue weighted by atomic mass is 16.6. The van der Waals surface area contributed by atoms with Gasteiger partial charge in [-0.05, 0) is 57.8 Å². The minimum Gasteiger partial charge on any atom is -0.478 e. The molecule has 0 fully saturated rings. The topological polar surface area (TPSA) is 156 Å². The molecule has 9 nitrogen and oxygen atoms in total. The van der Waals surface area contributed by atoms with Crippen LogP contribution in [-0.2, 0) is 19.1 Å². The molecule has 0 heterocycles. The molecular weight excluding hydrogens is 500 g/mol. The van der Waals surface area contributed by atoms with Crippen LogP contribution in [0.2, 0.25) is 0 Å². The number of allylic oxidation sites excluding steroid dienone is 6. The summed E-state index contributed by atoms with van der Waals surface area (Å²) in [7, 11) is 0. The maximum Gasteiger partial charge on any atom is 0.404 e. The Morgan fingerprint density at radius 2 is 1.62 bits per heavy atom. The molecule has 0 saturated carbocycles. The molecule has 0 aliphatic heterocycles. The fraction of sp³-hybridized carbons (Fsp3) is 0.600. The SMILES string of the molecule is C=C(CC/C=C/C=C/C[C@@H](C)CC(=O)C[C@H](O)CNC(=O)[C@H](C)[C@H](C)OC(N)=O)C[C@H](C)C/C(C)=C/C(=O)O. The van der Waals surface area contributed by atoms with Crippen molar-refractivity contribution in [2.24, 2.45) is 23.5 Å². The number of carboxylic acids is 1. The quantitative estimate of drug-likeness (QED) is 0.0962. The van der Waals surface area contributed by atoms with Crippen LogP contribution in [0.4, 0.5) is 4.79 Å². The normalized spacial score (nSPS) is 15.9. The van der Waals surface area contributed by atoms with Gasteiger partial charge >= 0.3 is 12.1 Å². The summed E-state index contributed by atoms with van der Waals surface area (Å²) >= 11 is 0. The third-order valence-electron chi connectivity index (χ3n) is 6.23. The fourth-order valence-electron chi connectivity index (χ4n) is 4.11. The highest BCUT2D eigenvalue weighted by Gasteiger charge is 2.23. The fourth-order valence-corrected chi connectivity index (χ4v) is 4.11. The molecule has 220 valence electrons. The monoisotopic (exact) mass is 548 g/mol. The van der Waals surface area contributed by atoms with Gasteiger partial charge in [0.25, 0.3) is 0 Å². The first-order valence-corrected chi connectivity index (χ1v) is 13.5. The molecule has 0 radical (unpaired) electrons. The van der Waals surface area contributed by atoms with E-state index in [0.717, 1.165) is 43.3 Å². The predicted molar refractivity (Wildman–Crippen MR) is 153 cm³/mol. The number of amides is 2. The van der Waals surface area contributed by atoms with Gasteiger partial charge in [-0.2, -0.15) is 0 Å². The number of hydrogen-bond acceptors (Lipinski definition) is 6. The minimum atomic E-state index is -0.991. The third kappa shape index (κ3) is 19.5. The van der Waals surface area contributed by atoms with Crippen LogP contribution in [0.25, 0.3) is 0 Å². The number of aliphatic hydroxyl groups is 1. The molecule has 39 heavy (non-hydrogen) atoms. The minimum absolute atomic E-state index is 0.0477. The van der Waals surface area contributed by atoms with Crippen LogP contribution in [0.15, 0.2) is 48.1 Å². The molecule has 5 atom stereocenters. The molecule has 9 heteroatoms. The van der Waals surface area contributed by atoms with Gasteiger partial charge in [0.05, 0.1) is 12.0 Å². The number of rotatable bonds is 20. The number of nitrogens with one attached hydrogen (secondary N) is 1. The number of carbonyl (C=O) groups excluding carboxylic acids is 3. The van der Waals surface area contributed by atoms with Crippen molar-refractivity contribution in [2.45, 2.75) is 91.8 Å². The smallest absolute Gasteiger partial charge is 0.404 e. The summed E-state index contributed by atoms with van der Waals surface area (Å²) in [5.41, 5.74) is 6.96. The molecule has 0 bridgehead atoms. The van der Waals surface area contributed by atoms with Crippen molar-refractivity contribution in [1.29, 1.82) is 0 Å². The lowest BCUT2D eigenvalue weighted by Gasteiger charge is -2.20. The van der Waals surface area contributed by atoms with Crippen molar-refractivity contribution in [3.05, 3.63) is 48.1 Å². The average molecular weight is 549 g/mol. The van der Waals surface area contributed by atoms with Gasteiger partial charge in [0.1, 0.15) is 11.9 Å². The summed E-state index contributed by atoms with van der Waals surface area (Å²) in [6.07, 6.45) is 11.0. The van der Waals surface area contributed by atoms with E-state index in [4.69, 9.17) is 15.6 Å². The molecule has 5 N–H and O–H groups in total. The van der Waals surface area contributed by atoms with Crippen LogP contribution in [-0.4, -0.2) is 52.7 Å². The van der Waals surface area contributed by atoms with Crippen LogP contribution in [0.3, 0.4) is 0 Å². The Labute approximate surface area is 233 Å². The zero-order valence-corrected chi connectivity index (χ0v) is 24.2. The Morgan fingerprint density at radius 3 is 2.23 bits per heavy atom. The van der Waals surface area contributed by atoms with E-state index in [9.17, 15) is 24.3 Å². The Kier molecular flexibility index (Phi) is 18.2. The van der Waals surface area contributed by atoms with Gasteiger partial charge in [-0.25, -0.2) is 9.59 Å². The van der Waals surface area contributed by atoms with E-state index in [1.807, 2.05) is 32.1 Å². The number of ketones is 1. The van der Waals surface area contributed by atoms with Gasteiger partial charge in [-0.1, -0.05) is 62.8 Å². The van der Waals surface area contributed by atoms with Crippen LogP contribution < -0.4 is 11.1 Å². The Bertz CT molecular complexity index is 907. The van der Waals surface area contributed by atoms with Crippen molar-refractivity contribution in [2.75, 3.05) is 6.54 Å². The maximum atomic E-state index is 12.3. The number of aliphatic hydroxyl groups excluding tert-OH is 1. The van der Waals surface area contributed by atoms with Gasteiger partial charge in [-0.15, -0.1) is 0 Å². The molecule has 0 spiro atoms. The first kappa shape index (κ1) is 35.8. The van der Waals surface area contributed by atoms with E-state index < -0.39 is 36.1 Å². The van der Waals surface area contributed by atoms with E-state index >= 15 is 0 Å². The highest BCUT2D eigenvalue weighted by Crippen LogP contribution is 2.21. The van der Waals surface area contributed by atoms with Crippen LogP contribution >= 0.6 is 0 Å². The molecule has 0 aliphatic rings. The van der Waals surface area contributed by atoms with Gasteiger partial charge in [0, 0.05) is 25.5 Å². The summed E-state index contributed by atoms with van der Waals surface area (Å²) in [6, 6.07) is 0. The molecular formula is C30H48N2O7. The summed E-state index contributed by atoms with van der Waals surface area (Å²) in [5.74, 6) is -1.56. The largest absolute Gasteiger partial charge is 0.478 e. The predicted octanol–water partition coefficient (Wildman–Crippen LogP) is 4.85. The number of primary amides is 1. The third-order valence-corrected chi connectivity index (χ3v) is 6.23. The Morgan fingerprint density at radius 1 is 0.974 bits per heavy atom. The Hall–Kier alpha value is -3.20. The van der Waals surface area contributed by atoms with Gasteiger partial charge in [-0.3, -0.25) is 9.59 Å². The first-order valence-electron chi connectivity index (χ1n) is 13.5. The molecule has 0 aliphatic carbocycles. The Balaban J connectivity index is 4.18. The molecule has 0 aromatic carbocycles. The standard InChI is InChI=1S/C30H48N2O7/c1-20(14-22(3)15-23(4)17-28(35)36)12-10-8-7-9-11-13-21(2)16-26(33)18-27(34)19-32-29(37)24(5)25(6)39-30(31)38/h7-9,11,17,21-22,24-25,27,34H,1,10,12-16,18-19H2,2-6H3,(H2,31,38)(H,32,37)(H,35,36)/b8-7+,11-9+,23-17+/t21-,22+,24-,25+,27+/m1/s1. The maximum absolute atomic E-state index is 12.3. The van der Waals surface area contributed by atoms with Crippen molar-refractivity contribution in [1.82, 2.24) is 5.32 Å². The second kappa shape index (κ2) is 19.8. The van der Waals surface area contributed by atoms with Crippen molar-refractivity contribution in [3.8, 4) is 0 Å². The number of ether oxygens (including phenoxy) is 1. The van der Waals surface area contributed by atoms with Crippen LogP contribution in [0, 0.1) is 17.8 Å². The van der Waals surface area contributed by atoms with Crippen molar-refractivity contribution < 1.29 is 34.1 Å². The summed E-state index contributed by atoms with van der Waals surface area (Å²) < 4.78 is 4.78. The van der Waals surface area contributed by atoms with Gasteiger partial charge < -0.3 is 26.0 Å². The highest BCUT2D eigenvalue weighted by molar-refractivity contribution is 5.81. The molecule has 0 aromatic heterocycles. The lowest BCUT2D eigenvalue weighted by atomic mass is 9.93. The van der Waals surface area contributed by atoms with E-state index in [2.05, 4.69) is 24.9 Å². The molecule has 0 unspecified atom stereocenters. The van der Waals surface area contributed by atoms with E-state index in [1.165, 1.54) is 6.08 Å². The first-order chi connectivity index (χ1) is 18.2. The number of hydrogen-bond donors (Lipinski definition) is 4. The lowest BCUT2D eigenvalue weighted by Crippen LogP contribution is -2.41. The summed E-state index contributed by atoms with van der Waals surface area (Å²) in [6.45, 7) is 13.1. The molecule has 0 saturated heterocycles. The van der Waals surface area contributed by atoms with E-state index in [-0.39, 0.29) is 24.7 Å². The zero-order valence-electron chi connectivity index (χ0n) is 24.2. The summed E-state index contributed by atoms with van der Waals surface area (Å²) in [4.78, 5) is 45.9. The average Bonchev–Trinajstić information content (AvgIpc) is 2.79. The van der Waals surface area contributed by atoms with Crippen molar-refractivity contribution >= 4 is 23.8 Å². The van der Waals surface area contributed by atoms with Crippen LogP contribution in [0.1, 0.15) is 79.6 Å². The van der Waals surface area contributed by atoms with E-state index in [1.54, 1.807) is 13.8 Å². The number of aliphatic carboxylic acids is 1. The number of carboxylic acid groups (broad SMARTS) is 1. The number of nitrogens with two attached hydrogens (primary N) is 1. The van der Waals surface area contributed by atoms with E-state index in [0.29, 0.717) is 12.3 Å². The molecule has 0 aromatic rings. The van der Waals surface area contributed by atoms with Gasteiger partial charge in [0.2, 0.25) is 5.91 Å². The van der Waals surface area contributed by atoms with Gasteiger partial charge in [0.15, 0.2) is 0 Å². The molecule has 0 rings (SSSR count). The second-order valence-electron chi connectivity index (χ2n) is 10.6. The lowest BCUT2D eigenvalue weighted by molar-refractivity contribution is -0.131. The molecule has 2 amide bonds. The summed E-state index contributed by atoms with van der Waals surface area (Å²) in [5, 5.41) is 21.5. The van der Waals surface area contributed by atoms with Crippen molar-refractivity contribution in [3.63, 3.8) is 0 Å². The zero-order chi connectivity index (χ0) is 30.0. The second-order valence-corrected chi connectivity index (χ2v) is 10.6. The number of Topliss-reactive ketones (excluding diaryl/α,β-unsaturated/α-hetero) is 1. The number of carbonyl (C=O) groups is 4. The van der Waals surface area contributed by atoms with Crippen LogP contribution in [0.5, 0.6) is 0 Å².